The molecule has 0 radical (unpaired) electrons. The SMILES string of the molecule is CCOC(=O)c1nc(C(=O)OCC)c2c(C)nn(-c3ccc(C)cc3)c2n1. The second-order valence-electron chi connectivity index (χ2n) is 5.87. The van der Waals surface area contributed by atoms with E-state index in [4.69, 9.17) is 9.47 Å². The number of aromatic nitrogens is 4. The minimum atomic E-state index is -0.709. The number of carbonyl (C=O) groups excluding carboxylic acids is 2. The fraction of sp³-hybridized carbons (Fsp3) is 0.316. The molecule has 3 rings (SSSR count). The van der Waals surface area contributed by atoms with Gasteiger partial charge in [-0.15, -0.1) is 0 Å². The van der Waals surface area contributed by atoms with Crippen LogP contribution in [0.15, 0.2) is 24.3 Å². The zero-order valence-electron chi connectivity index (χ0n) is 15.6. The summed E-state index contributed by atoms with van der Waals surface area (Å²) in [5.74, 6) is -1.55. The highest BCUT2D eigenvalue weighted by Gasteiger charge is 2.25. The summed E-state index contributed by atoms with van der Waals surface area (Å²) in [5, 5.41) is 4.94. The average Bonchev–Trinajstić information content (AvgIpc) is 2.99. The minimum Gasteiger partial charge on any atom is -0.461 e. The highest BCUT2D eigenvalue weighted by molar-refractivity contribution is 6.03. The molecule has 2 heterocycles. The summed E-state index contributed by atoms with van der Waals surface area (Å²) in [7, 11) is 0. The van der Waals surface area contributed by atoms with Crippen LogP contribution < -0.4 is 0 Å². The maximum absolute atomic E-state index is 12.4. The maximum Gasteiger partial charge on any atom is 0.376 e. The van der Waals surface area contributed by atoms with Gasteiger partial charge < -0.3 is 9.47 Å². The quantitative estimate of drug-likeness (QED) is 0.639. The summed E-state index contributed by atoms with van der Waals surface area (Å²) >= 11 is 0. The second kappa shape index (κ2) is 7.53. The lowest BCUT2D eigenvalue weighted by molar-refractivity contribution is 0.0507. The predicted octanol–water partition coefficient (Wildman–Crippen LogP) is 2.79. The number of rotatable bonds is 5. The Hall–Kier alpha value is -3.29. The number of fused-ring (bicyclic) bond motifs is 1. The summed E-state index contributed by atoms with van der Waals surface area (Å²) in [6.45, 7) is 7.48. The van der Waals surface area contributed by atoms with Crippen LogP contribution in [0.5, 0.6) is 0 Å². The highest BCUT2D eigenvalue weighted by atomic mass is 16.5. The molecule has 0 bridgehead atoms. The summed E-state index contributed by atoms with van der Waals surface area (Å²) in [4.78, 5) is 33.1. The Morgan fingerprint density at radius 2 is 1.59 bits per heavy atom. The van der Waals surface area contributed by atoms with Gasteiger partial charge in [0.2, 0.25) is 5.82 Å². The molecule has 0 amide bonds. The molecule has 0 N–H and O–H groups in total. The van der Waals surface area contributed by atoms with Crippen molar-refractivity contribution in [3.8, 4) is 5.69 Å². The summed E-state index contributed by atoms with van der Waals surface area (Å²) in [6.07, 6.45) is 0. The molecule has 140 valence electrons. The molecule has 0 saturated carbocycles. The standard InChI is InChI=1S/C19H20N4O4/c1-5-26-18(24)15-14-12(4)22-23(13-9-7-11(3)8-10-13)17(14)21-16(20-15)19(25)27-6-2/h7-10H,5-6H2,1-4H3. The van der Waals surface area contributed by atoms with E-state index in [1.54, 1.807) is 25.5 Å². The number of nitrogens with zero attached hydrogens (tertiary/aromatic N) is 4. The van der Waals surface area contributed by atoms with E-state index in [0.29, 0.717) is 16.7 Å². The van der Waals surface area contributed by atoms with Crippen molar-refractivity contribution in [2.75, 3.05) is 13.2 Å². The van der Waals surface area contributed by atoms with Crippen molar-refractivity contribution in [2.45, 2.75) is 27.7 Å². The van der Waals surface area contributed by atoms with Crippen LogP contribution in [0.4, 0.5) is 0 Å². The molecule has 0 saturated heterocycles. The average molecular weight is 368 g/mol. The van der Waals surface area contributed by atoms with E-state index in [2.05, 4.69) is 15.1 Å². The first-order valence-electron chi connectivity index (χ1n) is 8.64. The number of carbonyl (C=O) groups is 2. The van der Waals surface area contributed by atoms with Crippen LogP contribution in [0.2, 0.25) is 0 Å². The number of aryl methyl sites for hydroxylation is 2. The molecule has 0 aliphatic heterocycles. The monoisotopic (exact) mass is 368 g/mol. The molecule has 8 nitrogen and oxygen atoms in total. The lowest BCUT2D eigenvalue weighted by atomic mass is 10.2. The normalized spacial score (nSPS) is 10.8. The topological polar surface area (TPSA) is 96.2 Å². The van der Waals surface area contributed by atoms with Crippen LogP contribution in [-0.2, 0) is 9.47 Å². The van der Waals surface area contributed by atoms with Crippen LogP contribution >= 0.6 is 0 Å². The molecule has 0 spiro atoms. The van der Waals surface area contributed by atoms with Crippen LogP contribution in [0, 0.1) is 13.8 Å². The first-order valence-corrected chi connectivity index (χ1v) is 8.64. The van der Waals surface area contributed by atoms with Gasteiger partial charge in [-0.1, -0.05) is 17.7 Å². The number of benzene rings is 1. The van der Waals surface area contributed by atoms with Crippen molar-refractivity contribution in [2.24, 2.45) is 0 Å². The first kappa shape index (κ1) is 18.5. The molecule has 2 aromatic heterocycles. The Morgan fingerprint density at radius 3 is 2.22 bits per heavy atom. The molecule has 8 heteroatoms. The molecule has 0 atom stereocenters. The molecule has 0 aliphatic carbocycles. The van der Waals surface area contributed by atoms with E-state index in [1.807, 2.05) is 31.2 Å². The Labute approximate surface area is 156 Å². The van der Waals surface area contributed by atoms with Gasteiger partial charge in [0, 0.05) is 0 Å². The van der Waals surface area contributed by atoms with Gasteiger partial charge >= 0.3 is 11.9 Å². The molecular formula is C19H20N4O4. The predicted molar refractivity (Wildman–Crippen MR) is 98.0 cm³/mol. The third kappa shape index (κ3) is 3.51. The zero-order valence-corrected chi connectivity index (χ0v) is 15.6. The van der Waals surface area contributed by atoms with Crippen molar-refractivity contribution >= 4 is 23.0 Å². The Balaban J connectivity index is 2.28. The lowest BCUT2D eigenvalue weighted by Gasteiger charge is -2.07. The number of esters is 2. The van der Waals surface area contributed by atoms with Crippen LogP contribution in [0.3, 0.4) is 0 Å². The van der Waals surface area contributed by atoms with Gasteiger partial charge in [-0.25, -0.2) is 24.2 Å². The molecular weight excluding hydrogens is 348 g/mol. The van der Waals surface area contributed by atoms with E-state index in [-0.39, 0.29) is 24.7 Å². The van der Waals surface area contributed by atoms with Crippen molar-refractivity contribution < 1.29 is 19.1 Å². The Morgan fingerprint density at radius 1 is 0.963 bits per heavy atom. The fourth-order valence-corrected chi connectivity index (χ4v) is 2.68. The molecule has 27 heavy (non-hydrogen) atoms. The third-order valence-electron chi connectivity index (χ3n) is 3.91. The van der Waals surface area contributed by atoms with Crippen LogP contribution in [-0.4, -0.2) is 44.9 Å². The van der Waals surface area contributed by atoms with E-state index >= 15 is 0 Å². The molecule has 1 aromatic carbocycles. The van der Waals surface area contributed by atoms with Crippen LogP contribution in [0.25, 0.3) is 16.7 Å². The maximum atomic E-state index is 12.4. The van der Waals surface area contributed by atoms with Gasteiger partial charge in [-0.2, -0.15) is 5.10 Å². The summed E-state index contributed by atoms with van der Waals surface area (Å²) in [6, 6.07) is 7.66. The Kier molecular flexibility index (Phi) is 5.16. The van der Waals surface area contributed by atoms with Crippen LogP contribution in [0.1, 0.15) is 46.2 Å². The van der Waals surface area contributed by atoms with Crippen molar-refractivity contribution in [1.29, 1.82) is 0 Å². The van der Waals surface area contributed by atoms with Gasteiger partial charge in [0.05, 0.1) is 30.0 Å². The van der Waals surface area contributed by atoms with Gasteiger partial charge in [0.1, 0.15) is 0 Å². The van der Waals surface area contributed by atoms with Crippen molar-refractivity contribution in [3.05, 3.63) is 47.0 Å². The highest BCUT2D eigenvalue weighted by Crippen LogP contribution is 2.24. The fourth-order valence-electron chi connectivity index (χ4n) is 2.68. The van der Waals surface area contributed by atoms with Gasteiger partial charge in [0.15, 0.2) is 11.3 Å². The lowest BCUT2D eigenvalue weighted by Crippen LogP contribution is -2.16. The van der Waals surface area contributed by atoms with E-state index in [1.165, 1.54) is 0 Å². The van der Waals surface area contributed by atoms with Crippen molar-refractivity contribution in [3.63, 3.8) is 0 Å². The van der Waals surface area contributed by atoms with E-state index in [9.17, 15) is 9.59 Å². The smallest absolute Gasteiger partial charge is 0.376 e. The minimum absolute atomic E-state index is 0.000708. The molecule has 3 aromatic rings. The van der Waals surface area contributed by atoms with Gasteiger partial charge in [0.25, 0.3) is 0 Å². The van der Waals surface area contributed by atoms with E-state index < -0.39 is 11.9 Å². The first-order chi connectivity index (χ1) is 13.0. The largest absolute Gasteiger partial charge is 0.461 e. The summed E-state index contributed by atoms with van der Waals surface area (Å²) < 4.78 is 11.7. The molecule has 0 unspecified atom stereocenters. The zero-order chi connectivity index (χ0) is 19.6. The number of ether oxygens (including phenoxy) is 2. The van der Waals surface area contributed by atoms with Gasteiger partial charge in [-0.05, 0) is 39.8 Å². The number of hydrogen-bond donors (Lipinski definition) is 0. The summed E-state index contributed by atoms with van der Waals surface area (Å²) in [5.41, 5.74) is 2.75. The van der Waals surface area contributed by atoms with Crippen molar-refractivity contribution in [1.82, 2.24) is 19.7 Å². The third-order valence-corrected chi connectivity index (χ3v) is 3.91. The van der Waals surface area contributed by atoms with E-state index in [0.717, 1.165) is 11.3 Å². The Bertz CT molecular complexity index is 1010. The van der Waals surface area contributed by atoms with Gasteiger partial charge in [-0.3, -0.25) is 0 Å². The second-order valence-corrected chi connectivity index (χ2v) is 5.87. The molecule has 0 fully saturated rings. The molecule has 0 aliphatic rings. The number of hydrogen-bond acceptors (Lipinski definition) is 7.